The SMILES string of the molecule is Cc1cc(O)cc(C)c1C[C@H](N)C(=O)N1Cc2ccccc2C[C@H]1C(=O)N[C@@H](CCC(=O)O)C(=O)c1nc2ccccc2[nH]1. The molecule has 5 rings (SSSR count). The summed E-state index contributed by atoms with van der Waals surface area (Å²) in [5.41, 5.74) is 11.9. The molecule has 228 valence electrons. The van der Waals surface area contributed by atoms with Crippen LogP contribution in [0.5, 0.6) is 5.75 Å². The molecule has 11 heteroatoms. The van der Waals surface area contributed by atoms with Crippen LogP contribution in [0.4, 0.5) is 0 Å². The normalized spacial score (nSPS) is 15.8. The molecule has 2 amide bonds. The first-order chi connectivity index (χ1) is 21.0. The van der Waals surface area contributed by atoms with Crippen molar-refractivity contribution in [2.24, 2.45) is 5.73 Å². The van der Waals surface area contributed by atoms with Gasteiger partial charge >= 0.3 is 5.97 Å². The summed E-state index contributed by atoms with van der Waals surface area (Å²) >= 11 is 0. The van der Waals surface area contributed by atoms with E-state index in [2.05, 4.69) is 15.3 Å². The minimum atomic E-state index is -1.19. The molecular weight excluding hydrogens is 562 g/mol. The summed E-state index contributed by atoms with van der Waals surface area (Å²) in [6, 6.07) is 14.6. The highest BCUT2D eigenvalue weighted by Gasteiger charge is 2.38. The number of nitrogens with two attached hydrogens (primary N) is 1. The van der Waals surface area contributed by atoms with Crippen LogP contribution in [-0.4, -0.2) is 66.8 Å². The molecule has 3 aromatic carbocycles. The number of aryl methyl sites for hydroxylation is 2. The van der Waals surface area contributed by atoms with Gasteiger partial charge in [-0.25, -0.2) is 4.98 Å². The fraction of sp³-hybridized carbons (Fsp3) is 0.303. The number of carbonyl (C=O) groups is 4. The molecule has 0 fully saturated rings. The van der Waals surface area contributed by atoms with Crippen molar-refractivity contribution in [1.82, 2.24) is 20.2 Å². The molecule has 0 saturated carbocycles. The van der Waals surface area contributed by atoms with Gasteiger partial charge in [-0.15, -0.1) is 0 Å². The molecule has 0 unspecified atom stereocenters. The molecule has 1 aliphatic rings. The number of nitrogens with one attached hydrogen (secondary N) is 2. The third-order valence-corrected chi connectivity index (χ3v) is 8.16. The number of amides is 2. The molecular formula is C33H35N5O6. The maximum Gasteiger partial charge on any atom is 0.303 e. The summed E-state index contributed by atoms with van der Waals surface area (Å²) in [4.78, 5) is 61.5. The number of benzene rings is 3. The molecule has 2 heterocycles. The Hall–Kier alpha value is -5.03. The second-order valence-electron chi connectivity index (χ2n) is 11.3. The van der Waals surface area contributed by atoms with E-state index in [4.69, 9.17) is 5.73 Å². The van der Waals surface area contributed by atoms with Crippen LogP contribution in [0.25, 0.3) is 11.0 Å². The van der Waals surface area contributed by atoms with Gasteiger partial charge in [-0.1, -0.05) is 36.4 Å². The number of aromatic hydroxyl groups is 1. The number of hydrogen-bond donors (Lipinski definition) is 5. The Morgan fingerprint density at radius 3 is 2.39 bits per heavy atom. The zero-order chi connectivity index (χ0) is 31.5. The Morgan fingerprint density at radius 2 is 1.70 bits per heavy atom. The molecule has 1 aliphatic heterocycles. The number of ketones is 1. The number of aromatic amines is 1. The maximum absolute atomic E-state index is 13.9. The lowest BCUT2D eigenvalue weighted by molar-refractivity contribution is -0.143. The van der Waals surface area contributed by atoms with E-state index >= 15 is 0 Å². The van der Waals surface area contributed by atoms with Crippen LogP contribution in [0.15, 0.2) is 60.7 Å². The standard InChI is InChI=1S/C33H35N5O6/c1-18-13-22(39)14-19(2)23(18)16-24(34)33(44)38-17-21-8-4-3-7-20(21)15-28(38)32(43)37-27(11-12-29(40)41)30(42)31-35-25-9-5-6-10-26(25)36-31/h3-10,13-14,24,27-28,39H,11-12,15-17,34H2,1-2H3,(H,35,36)(H,37,43)(H,40,41)/t24-,27-,28-/m0/s1. The Morgan fingerprint density at radius 1 is 1.05 bits per heavy atom. The van der Waals surface area contributed by atoms with Gasteiger partial charge in [-0.05, 0) is 78.8 Å². The number of rotatable bonds is 10. The first kappa shape index (κ1) is 30.4. The van der Waals surface area contributed by atoms with Crippen LogP contribution >= 0.6 is 0 Å². The van der Waals surface area contributed by atoms with E-state index in [1.54, 1.807) is 36.4 Å². The van der Waals surface area contributed by atoms with Gasteiger partial charge in [0.15, 0.2) is 5.82 Å². The zero-order valence-corrected chi connectivity index (χ0v) is 24.5. The number of carboxylic acid groups (broad SMARTS) is 1. The highest BCUT2D eigenvalue weighted by atomic mass is 16.4. The predicted octanol–water partition coefficient (Wildman–Crippen LogP) is 2.94. The van der Waals surface area contributed by atoms with Gasteiger partial charge in [-0.3, -0.25) is 19.2 Å². The summed E-state index contributed by atoms with van der Waals surface area (Å²) in [6.45, 7) is 3.82. The Kier molecular flexibility index (Phi) is 8.77. The summed E-state index contributed by atoms with van der Waals surface area (Å²) < 4.78 is 0. The summed E-state index contributed by atoms with van der Waals surface area (Å²) in [6.07, 6.45) is -0.117. The Bertz CT molecular complexity index is 1690. The smallest absolute Gasteiger partial charge is 0.303 e. The molecule has 44 heavy (non-hydrogen) atoms. The number of fused-ring (bicyclic) bond motifs is 2. The number of H-pyrrole nitrogens is 1. The molecule has 0 saturated heterocycles. The van der Waals surface area contributed by atoms with E-state index in [1.165, 1.54) is 4.90 Å². The Labute approximate surface area is 254 Å². The van der Waals surface area contributed by atoms with Crippen LogP contribution in [0, 0.1) is 13.8 Å². The predicted molar refractivity (Wildman–Crippen MR) is 163 cm³/mol. The first-order valence-corrected chi connectivity index (χ1v) is 14.4. The van der Waals surface area contributed by atoms with Gasteiger partial charge in [0, 0.05) is 19.4 Å². The highest BCUT2D eigenvalue weighted by molar-refractivity contribution is 6.02. The minimum absolute atomic E-state index is 0.00507. The van der Waals surface area contributed by atoms with Crippen molar-refractivity contribution < 1.29 is 29.4 Å². The highest BCUT2D eigenvalue weighted by Crippen LogP contribution is 2.27. The van der Waals surface area contributed by atoms with Gasteiger partial charge in [-0.2, -0.15) is 0 Å². The topological polar surface area (TPSA) is 179 Å². The van der Waals surface area contributed by atoms with Gasteiger partial charge in [0.25, 0.3) is 0 Å². The first-order valence-electron chi connectivity index (χ1n) is 14.4. The molecule has 4 aromatic rings. The van der Waals surface area contributed by atoms with Crippen LogP contribution in [-0.2, 0) is 33.8 Å². The number of para-hydroxylation sites is 2. The number of aromatic nitrogens is 2. The van der Waals surface area contributed by atoms with Crippen LogP contribution < -0.4 is 11.1 Å². The second kappa shape index (κ2) is 12.7. The monoisotopic (exact) mass is 597 g/mol. The maximum atomic E-state index is 13.9. The van der Waals surface area contributed by atoms with E-state index in [-0.39, 0.29) is 43.8 Å². The number of nitrogens with zero attached hydrogens (tertiary/aromatic N) is 2. The van der Waals surface area contributed by atoms with Crippen molar-refractivity contribution in [2.45, 2.75) is 64.2 Å². The fourth-order valence-corrected chi connectivity index (χ4v) is 5.84. The number of phenolic OH excluding ortho intramolecular Hbond substituents is 1. The minimum Gasteiger partial charge on any atom is -0.508 e. The number of phenols is 1. The lowest BCUT2D eigenvalue weighted by Crippen LogP contribution is -2.58. The van der Waals surface area contributed by atoms with E-state index < -0.39 is 41.7 Å². The van der Waals surface area contributed by atoms with E-state index in [0.29, 0.717) is 11.0 Å². The molecule has 0 spiro atoms. The lowest BCUT2D eigenvalue weighted by Gasteiger charge is -2.38. The molecule has 11 nitrogen and oxygen atoms in total. The number of Topliss-reactive ketones (excluding diaryl/α,β-unsaturated/α-hetero) is 1. The average molecular weight is 598 g/mol. The van der Waals surface area contributed by atoms with Crippen molar-refractivity contribution in [3.8, 4) is 5.75 Å². The van der Waals surface area contributed by atoms with Crippen LogP contribution in [0.1, 0.15) is 51.3 Å². The quantitative estimate of drug-likeness (QED) is 0.173. The molecule has 1 aromatic heterocycles. The van der Waals surface area contributed by atoms with Crippen molar-refractivity contribution in [1.29, 1.82) is 0 Å². The summed E-state index contributed by atoms with van der Waals surface area (Å²) in [7, 11) is 0. The van der Waals surface area contributed by atoms with Crippen molar-refractivity contribution in [2.75, 3.05) is 0 Å². The molecule has 3 atom stereocenters. The second-order valence-corrected chi connectivity index (χ2v) is 11.3. The number of carbonyl (C=O) groups excluding carboxylic acids is 3. The van der Waals surface area contributed by atoms with Gasteiger partial charge in [0.05, 0.1) is 23.1 Å². The van der Waals surface area contributed by atoms with E-state index in [1.807, 2.05) is 38.1 Å². The van der Waals surface area contributed by atoms with Gasteiger partial charge in [0.2, 0.25) is 17.6 Å². The number of imidazole rings is 1. The van der Waals surface area contributed by atoms with Crippen LogP contribution in [0.2, 0.25) is 0 Å². The van der Waals surface area contributed by atoms with Crippen molar-refractivity contribution >= 4 is 34.6 Å². The third-order valence-electron chi connectivity index (χ3n) is 8.16. The lowest BCUT2D eigenvalue weighted by atomic mass is 9.91. The third kappa shape index (κ3) is 6.47. The van der Waals surface area contributed by atoms with Gasteiger partial charge < -0.3 is 31.1 Å². The van der Waals surface area contributed by atoms with Crippen LogP contribution in [0.3, 0.4) is 0 Å². The van der Waals surface area contributed by atoms with Crippen molar-refractivity contribution in [3.63, 3.8) is 0 Å². The number of hydrogen-bond acceptors (Lipinski definition) is 7. The Balaban J connectivity index is 1.41. The summed E-state index contributed by atoms with van der Waals surface area (Å²) in [5, 5.41) is 22.0. The zero-order valence-electron chi connectivity index (χ0n) is 24.5. The van der Waals surface area contributed by atoms with Gasteiger partial charge in [0.1, 0.15) is 11.8 Å². The molecule has 0 bridgehead atoms. The largest absolute Gasteiger partial charge is 0.508 e. The van der Waals surface area contributed by atoms with E-state index in [0.717, 1.165) is 27.8 Å². The summed E-state index contributed by atoms with van der Waals surface area (Å²) in [5.74, 6) is -2.56. The number of aliphatic carboxylic acids is 1. The van der Waals surface area contributed by atoms with E-state index in [9.17, 15) is 29.4 Å². The number of carboxylic acids is 1. The molecule has 0 radical (unpaired) electrons. The fourth-order valence-electron chi connectivity index (χ4n) is 5.84. The molecule has 6 N–H and O–H groups in total. The van der Waals surface area contributed by atoms with Crippen molar-refractivity contribution in [3.05, 3.63) is 94.3 Å². The molecule has 0 aliphatic carbocycles. The average Bonchev–Trinajstić information content (AvgIpc) is 3.44.